The van der Waals surface area contributed by atoms with Gasteiger partial charge >= 0.3 is 12.1 Å². The molecule has 0 saturated carbocycles. The molecule has 1 amide bonds. The topological polar surface area (TPSA) is 78.9 Å². The number of nitrogens with one attached hydrogen (secondary N) is 1. The highest BCUT2D eigenvalue weighted by molar-refractivity contribution is 6.73. The van der Waals surface area contributed by atoms with E-state index in [0.717, 1.165) is 0 Å². The van der Waals surface area contributed by atoms with Crippen LogP contribution in [0.5, 0.6) is 0 Å². The van der Waals surface area contributed by atoms with Gasteiger partial charge in [0, 0.05) is 6.54 Å². The third kappa shape index (κ3) is 9.92. The summed E-state index contributed by atoms with van der Waals surface area (Å²) >= 11 is 0. The van der Waals surface area contributed by atoms with E-state index in [0.29, 0.717) is 31.8 Å². The highest BCUT2D eigenvalue weighted by Crippen LogP contribution is 2.20. The van der Waals surface area contributed by atoms with E-state index in [1.54, 1.807) is 0 Å². The Balaban J connectivity index is 4.65. The van der Waals surface area contributed by atoms with Crippen LogP contribution in [0.25, 0.3) is 0 Å². The summed E-state index contributed by atoms with van der Waals surface area (Å²) in [5.41, 5.74) is -0.514. The van der Waals surface area contributed by atoms with Crippen LogP contribution in [0.15, 0.2) is 0 Å². The maximum Gasteiger partial charge on any atom is 0.407 e. The number of carbonyl (C=O) groups excluding carboxylic acids is 1. The molecule has 142 valence electrons. The van der Waals surface area contributed by atoms with Gasteiger partial charge in [0.2, 0.25) is 0 Å². The highest BCUT2D eigenvalue weighted by atomic mass is 28.3. The van der Waals surface area contributed by atoms with E-state index in [4.69, 9.17) is 4.74 Å². The second kappa shape index (κ2) is 9.41. The first-order valence-corrected chi connectivity index (χ1v) is 12.1. The quantitative estimate of drug-likeness (QED) is 0.486. The second-order valence-electron chi connectivity index (χ2n) is 8.63. The Morgan fingerprint density at radius 2 is 1.75 bits per heavy atom. The van der Waals surface area contributed by atoms with E-state index in [1.807, 2.05) is 34.6 Å². The minimum atomic E-state index is -1.79. The maximum atomic E-state index is 11.7. The zero-order valence-corrected chi connectivity index (χ0v) is 17.6. The monoisotopic (exact) mass is 360 g/mol. The molecule has 0 bridgehead atoms. The van der Waals surface area contributed by atoms with Crippen molar-refractivity contribution in [2.75, 3.05) is 13.1 Å². The van der Waals surface area contributed by atoms with Crippen LogP contribution in [-0.2, 0) is 9.53 Å². The molecule has 6 nitrogen and oxygen atoms in total. The fourth-order valence-electron chi connectivity index (χ4n) is 2.52. The van der Waals surface area contributed by atoms with Crippen LogP contribution < -0.4 is 5.32 Å². The summed E-state index contributed by atoms with van der Waals surface area (Å²) in [7, 11) is -1.79. The Morgan fingerprint density at radius 1 is 1.21 bits per heavy atom. The van der Waals surface area contributed by atoms with Crippen molar-refractivity contribution in [2.24, 2.45) is 5.92 Å². The number of alkyl carbamates (subject to hydrolysis) is 1. The van der Waals surface area contributed by atoms with Crippen molar-refractivity contribution in [3.8, 4) is 0 Å². The summed E-state index contributed by atoms with van der Waals surface area (Å²) in [6.45, 7) is 17.2. The van der Waals surface area contributed by atoms with Gasteiger partial charge in [-0.25, -0.2) is 4.79 Å². The van der Waals surface area contributed by atoms with Crippen LogP contribution in [0.3, 0.4) is 0 Å². The van der Waals surface area contributed by atoms with Gasteiger partial charge in [0.1, 0.15) is 19.9 Å². The lowest BCUT2D eigenvalue weighted by Crippen LogP contribution is -2.56. The number of nitrogens with zero attached hydrogens (tertiary/aromatic N) is 1. The maximum absolute atomic E-state index is 11.7. The predicted octanol–water partition coefficient (Wildman–Crippen LogP) is 3.54. The molecule has 0 unspecified atom stereocenters. The molecule has 0 aliphatic carbocycles. The van der Waals surface area contributed by atoms with E-state index in [2.05, 4.69) is 29.5 Å². The van der Waals surface area contributed by atoms with E-state index in [9.17, 15) is 14.7 Å². The summed E-state index contributed by atoms with van der Waals surface area (Å²) in [6, 6.07) is -0.460. The molecule has 0 aromatic rings. The molecular weight excluding hydrogens is 324 g/mol. The summed E-state index contributed by atoms with van der Waals surface area (Å²) in [5, 5.41) is 12.4. The van der Waals surface area contributed by atoms with Gasteiger partial charge in [0.15, 0.2) is 0 Å². The first kappa shape index (κ1) is 22.9. The fraction of sp³-hybridized carbons (Fsp3) is 0.882. The summed E-state index contributed by atoms with van der Waals surface area (Å²) in [4.78, 5) is 23.4. The molecule has 0 radical (unpaired) electrons. The van der Waals surface area contributed by atoms with Crippen LogP contribution in [0.1, 0.15) is 47.5 Å². The molecule has 0 heterocycles. The third-order valence-corrected chi connectivity index (χ3v) is 5.72. The van der Waals surface area contributed by atoms with Gasteiger partial charge in [0.05, 0.1) is 0 Å². The van der Waals surface area contributed by atoms with Crippen molar-refractivity contribution in [1.29, 1.82) is 0 Å². The molecule has 0 spiro atoms. The number of rotatable bonds is 9. The molecule has 24 heavy (non-hydrogen) atoms. The van der Waals surface area contributed by atoms with Crippen LogP contribution >= 0.6 is 0 Å². The van der Waals surface area contributed by atoms with Crippen LogP contribution in [0.2, 0.25) is 19.6 Å². The summed E-state index contributed by atoms with van der Waals surface area (Å²) < 4.78 is 7.35. The van der Waals surface area contributed by atoms with Crippen LogP contribution in [-0.4, -0.2) is 54.7 Å². The standard InChI is InChI=1S/C17H36N2O4Si/c1-13(2)12-14(15(20)21)19(24(6,7)8)11-9-10-18-16(22)23-17(3,4)5/h13-14H,9-12H2,1-8H3,(H,18,22)(H,20,21)/t14-/m0/s1. The molecule has 0 aromatic carbocycles. The number of amides is 1. The number of aliphatic carboxylic acids is 1. The highest BCUT2D eigenvalue weighted by Gasteiger charge is 2.34. The van der Waals surface area contributed by atoms with E-state index < -0.39 is 31.9 Å². The lowest BCUT2D eigenvalue weighted by molar-refractivity contribution is -0.142. The van der Waals surface area contributed by atoms with Gasteiger partial charge in [-0.05, 0) is 46.1 Å². The zero-order valence-electron chi connectivity index (χ0n) is 16.6. The molecule has 0 rings (SSSR count). The van der Waals surface area contributed by atoms with E-state index >= 15 is 0 Å². The van der Waals surface area contributed by atoms with Gasteiger partial charge < -0.3 is 19.7 Å². The van der Waals surface area contributed by atoms with Crippen molar-refractivity contribution in [3.63, 3.8) is 0 Å². The second-order valence-corrected chi connectivity index (χ2v) is 13.5. The Morgan fingerprint density at radius 3 is 2.12 bits per heavy atom. The molecule has 0 fully saturated rings. The number of hydrogen-bond donors (Lipinski definition) is 2. The van der Waals surface area contributed by atoms with Crippen molar-refractivity contribution in [2.45, 2.75) is 78.7 Å². The number of carboxylic acid groups (broad SMARTS) is 1. The Kier molecular flexibility index (Phi) is 8.99. The summed E-state index contributed by atoms with van der Waals surface area (Å²) in [6.07, 6.45) is 0.906. The zero-order chi connectivity index (χ0) is 19.1. The number of carbonyl (C=O) groups is 2. The molecule has 0 aliphatic heterocycles. The molecule has 7 heteroatoms. The van der Waals surface area contributed by atoms with E-state index in [-0.39, 0.29) is 0 Å². The van der Waals surface area contributed by atoms with Crippen LogP contribution in [0.4, 0.5) is 4.79 Å². The van der Waals surface area contributed by atoms with Crippen molar-refractivity contribution in [3.05, 3.63) is 0 Å². The number of ether oxygens (including phenoxy) is 1. The molecule has 1 atom stereocenters. The normalized spacial score (nSPS) is 13.9. The van der Waals surface area contributed by atoms with Crippen molar-refractivity contribution < 1.29 is 19.4 Å². The first-order chi connectivity index (χ1) is 10.7. The molecule has 2 N–H and O–H groups in total. The first-order valence-electron chi connectivity index (χ1n) is 8.70. The SMILES string of the molecule is CC(C)C[C@@H](C(=O)O)N(CCCNC(=O)OC(C)(C)C)[Si](C)(C)C. The number of hydrogen-bond acceptors (Lipinski definition) is 4. The van der Waals surface area contributed by atoms with E-state index in [1.165, 1.54) is 0 Å². The lowest BCUT2D eigenvalue weighted by atomic mass is 10.0. The van der Waals surface area contributed by atoms with Gasteiger partial charge in [-0.2, -0.15) is 0 Å². The molecule has 0 aliphatic rings. The van der Waals surface area contributed by atoms with Gasteiger partial charge in [-0.15, -0.1) is 0 Å². The van der Waals surface area contributed by atoms with Crippen molar-refractivity contribution in [1.82, 2.24) is 9.88 Å². The van der Waals surface area contributed by atoms with Gasteiger partial charge in [-0.3, -0.25) is 4.79 Å². The van der Waals surface area contributed by atoms with Crippen LogP contribution in [0, 0.1) is 5.92 Å². The van der Waals surface area contributed by atoms with Gasteiger partial charge in [0.25, 0.3) is 0 Å². The molecule has 0 aromatic heterocycles. The average molecular weight is 361 g/mol. The predicted molar refractivity (Wildman–Crippen MR) is 99.8 cm³/mol. The van der Waals surface area contributed by atoms with Crippen molar-refractivity contribution >= 4 is 20.3 Å². The fourth-order valence-corrected chi connectivity index (χ4v) is 4.50. The minimum Gasteiger partial charge on any atom is -0.480 e. The largest absolute Gasteiger partial charge is 0.480 e. The smallest absolute Gasteiger partial charge is 0.407 e. The Hall–Kier alpha value is -1.08. The average Bonchev–Trinajstić information content (AvgIpc) is 2.32. The molecule has 0 saturated heterocycles. The van der Waals surface area contributed by atoms with Gasteiger partial charge in [-0.1, -0.05) is 33.5 Å². The molecular formula is C17H36N2O4Si. The third-order valence-electron chi connectivity index (χ3n) is 3.46. The Bertz CT molecular complexity index is 414. The number of carboxylic acids is 1. The lowest BCUT2D eigenvalue weighted by Gasteiger charge is -2.39. The Labute approximate surface area is 148 Å². The minimum absolute atomic E-state index is 0.324. The summed E-state index contributed by atoms with van der Waals surface area (Å²) in [5.74, 6) is -0.434.